The molecule has 3 N–H and O–H groups in total. The fourth-order valence-corrected chi connectivity index (χ4v) is 3.98. The van der Waals surface area contributed by atoms with Crippen LogP contribution in [0.5, 0.6) is 0 Å². The highest BCUT2D eigenvalue weighted by Crippen LogP contribution is 2.30. The van der Waals surface area contributed by atoms with Crippen molar-refractivity contribution in [2.75, 3.05) is 29.2 Å². The Hall–Kier alpha value is -3.21. The maximum atomic E-state index is 14.6. The number of aliphatic hydroxyl groups excluding tert-OH is 1. The molecule has 2 aliphatic heterocycles. The van der Waals surface area contributed by atoms with Gasteiger partial charge in [-0.3, -0.25) is 14.5 Å². The highest BCUT2D eigenvalue weighted by molar-refractivity contribution is 6.30. The third kappa shape index (κ3) is 4.77. The average molecular weight is 477 g/mol. The molecular formula is C22H22ClFN4O5. The van der Waals surface area contributed by atoms with E-state index in [4.69, 9.17) is 16.3 Å². The first-order valence-electron chi connectivity index (χ1n) is 10.2. The summed E-state index contributed by atoms with van der Waals surface area (Å²) in [5, 5.41) is 15.4. The van der Waals surface area contributed by atoms with Crippen LogP contribution in [-0.4, -0.2) is 59.9 Å². The van der Waals surface area contributed by atoms with Crippen LogP contribution in [0, 0.1) is 5.82 Å². The standard InChI is InChI=1S/C22H22ClFN4O5/c1-33-15-9-18(27(11-15)22(32)25-13-4-2-12(23)3-5-13)21(31)26-17-7-6-14(8-16(17)24)28-19(29)10-20(28)30/h2-8,15,18-19,29H,9-11H2,1H3,(H,25,32)(H,26,31). The van der Waals surface area contributed by atoms with Gasteiger partial charge in [0, 0.05) is 36.5 Å². The monoisotopic (exact) mass is 476 g/mol. The van der Waals surface area contributed by atoms with Crippen LogP contribution >= 0.6 is 11.6 Å². The molecule has 3 unspecified atom stereocenters. The van der Waals surface area contributed by atoms with Gasteiger partial charge >= 0.3 is 6.03 Å². The highest BCUT2D eigenvalue weighted by atomic mass is 35.5. The Balaban J connectivity index is 1.46. The lowest BCUT2D eigenvalue weighted by Crippen LogP contribution is -2.52. The number of hydrogen-bond acceptors (Lipinski definition) is 5. The Morgan fingerprint density at radius 1 is 1.18 bits per heavy atom. The summed E-state index contributed by atoms with van der Waals surface area (Å²) < 4.78 is 20.0. The molecule has 9 nitrogen and oxygen atoms in total. The molecule has 2 aliphatic rings. The molecule has 4 rings (SSSR count). The minimum atomic E-state index is -0.991. The van der Waals surface area contributed by atoms with Crippen molar-refractivity contribution in [2.45, 2.75) is 31.2 Å². The number of β-lactam (4-membered cyclic amide) rings is 1. The van der Waals surface area contributed by atoms with Crippen LogP contribution in [0.2, 0.25) is 5.02 Å². The van der Waals surface area contributed by atoms with Gasteiger partial charge in [-0.1, -0.05) is 11.6 Å². The Morgan fingerprint density at radius 2 is 1.91 bits per heavy atom. The number of rotatable bonds is 5. The first kappa shape index (κ1) is 23.0. The second kappa shape index (κ2) is 9.34. The highest BCUT2D eigenvalue weighted by Gasteiger charge is 2.40. The molecular weight excluding hydrogens is 455 g/mol. The number of carbonyl (C=O) groups excluding carboxylic acids is 3. The van der Waals surface area contributed by atoms with Crippen molar-refractivity contribution >= 4 is 46.5 Å². The van der Waals surface area contributed by atoms with Gasteiger partial charge in [0.15, 0.2) is 0 Å². The number of amides is 4. The molecule has 0 spiro atoms. The van der Waals surface area contributed by atoms with E-state index in [0.29, 0.717) is 10.7 Å². The SMILES string of the molecule is COC1CC(C(=O)Nc2ccc(N3C(=O)CC3O)cc2F)N(C(=O)Nc2ccc(Cl)cc2)C1. The van der Waals surface area contributed by atoms with E-state index in [9.17, 15) is 23.9 Å². The number of nitrogens with zero attached hydrogens (tertiary/aromatic N) is 2. The number of nitrogens with one attached hydrogen (secondary N) is 2. The normalized spacial score (nSPS) is 22.2. The Bertz CT molecular complexity index is 1080. The third-order valence-corrected chi connectivity index (χ3v) is 5.92. The van der Waals surface area contributed by atoms with E-state index < -0.39 is 30.0 Å². The van der Waals surface area contributed by atoms with Crippen LogP contribution < -0.4 is 15.5 Å². The molecule has 174 valence electrons. The van der Waals surface area contributed by atoms with Gasteiger partial charge in [0.05, 0.1) is 18.2 Å². The molecule has 2 heterocycles. The molecule has 2 fully saturated rings. The van der Waals surface area contributed by atoms with Crippen molar-refractivity contribution in [2.24, 2.45) is 0 Å². The second-order valence-electron chi connectivity index (χ2n) is 7.80. The number of halogens is 2. The summed E-state index contributed by atoms with van der Waals surface area (Å²) in [5.74, 6) is -1.67. The van der Waals surface area contributed by atoms with Gasteiger partial charge in [0.2, 0.25) is 11.8 Å². The van der Waals surface area contributed by atoms with Crippen molar-refractivity contribution < 1.29 is 28.6 Å². The molecule has 0 radical (unpaired) electrons. The molecule has 2 aromatic carbocycles. The minimum Gasteiger partial charge on any atom is -0.380 e. The number of ether oxygens (including phenoxy) is 1. The first-order valence-corrected chi connectivity index (χ1v) is 10.6. The number of hydrogen-bond donors (Lipinski definition) is 3. The van der Waals surface area contributed by atoms with Crippen molar-refractivity contribution in [3.8, 4) is 0 Å². The van der Waals surface area contributed by atoms with Gasteiger partial charge in [-0.15, -0.1) is 0 Å². The number of methoxy groups -OCH3 is 1. The van der Waals surface area contributed by atoms with Crippen LogP contribution in [0.1, 0.15) is 12.8 Å². The Morgan fingerprint density at radius 3 is 2.52 bits per heavy atom. The molecule has 4 amide bonds. The van der Waals surface area contributed by atoms with Gasteiger partial charge < -0.3 is 25.4 Å². The van der Waals surface area contributed by atoms with Crippen molar-refractivity contribution in [1.29, 1.82) is 0 Å². The van der Waals surface area contributed by atoms with Crippen LogP contribution in [0.15, 0.2) is 42.5 Å². The third-order valence-electron chi connectivity index (χ3n) is 5.67. The van der Waals surface area contributed by atoms with Crippen molar-refractivity contribution in [3.63, 3.8) is 0 Å². The Labute approximate surface area is 194 Å². The second-order valence-corrected chi connectivity index (χ2v) is 8.24. The van der Waals surface area contributed by atoms with Crippen molar-refractivity contribution in [3.05, 3.63) is 53.3 Å². The van der Waals surface area contributed by atoms with Gasteiger partial charge in [-0.25, -0.2) is 9.18 Å². The van der Waals surface area contributed by atoms with Crippen molar-refractivity contribution in [1.82, 2.24) is 4.90 Å². The summed E-state index contributed by atoms with van der Waals surface area (Å²) in [6.07, 6.45) is -1.13. The lowest BCUT2D eigenvalue weighted by atomic mass is 10.1. The molecule has 0 aliphatic carbocycles. The van der Waals surface area contributed by atoms with E-state index in [1.807, 2.05) is 0 Å². The fraction of sp³-hybridized carbons (Fsp3) is 0.318. The largest absolute Gasteiger partial charge is 0.380 e. The summed E-state index contributed by atoms with van der Waals surface area (Å²) in [5.41, 5.74) is 0.595. The van der Waals surface area contributed by atoms with Gasteiger partial charge in [0.25, 0.3) is 0 Å². The predicted octanol–water partition coefficient (Wildman–Crippen LogP) is 2.79. The minimum absolute atomic E-state index is 0.0175. The van der Waals surface area contributed by atoms with E-state index in [2.05, 4.69) is 10.6 Å². The van der Waals surface area contributed by atoms with Crippen LogP contribution in [-0.2, 0) is 14.3 Å². The fourth-order valence-electron chi connectivity index (χ4n) is 3.86. The number of anilines is 3. The summed E-state index contributed by atoms with van der Waals surface area (Å²) in [7, 11) is 1.49. The summed E-state index contributed by atoms with van der Waals surface area (Å²) in [6.45, 7) is 0.185. The number of benzene rings is 2. The molecule has 2 saturated heterocycles. The molecule has 0 aromatic heterocycles. The molecule has 11 heteroatoms. The zero-order chi connectivity index (χ0) is 23.7. The average Bonchev–Trinajstić information content (AvgIpc) is 3.22. The van der Waals surface area contributed by atoms with E-state index in [1.165, 1.54) is 24.1 Å². The van der Waals surface area contributed by atoms with Crippen LogP contribution in [0.3, 0.4) is 0 Å². The lowest BCUT2D eigenvalue weighted by Gasteiger charge is -2.36. The van der Waals surface area contributed by atoms with E-state index in [-0.39, 0.29) is 42.8 Å². The maximum Gasteiger partial charge on any atom is 0.322 e. The number of likely N-dealkylation sites (tertiary alicyclic amines) is 1. The molecule has 0 bridgehead atoms. The Kier molecular flexibility index (Phi) is 6.50. The summed E-state index contributed by atoms with van der Waals surface area (Å²) >= 11 is 5.87. The van der Waals surface area contributed by atoms with E-state index in [1.54, 1.807) is 24.3 Å². The first-order chi connectivity index (χ1) is 15.8. The smallest absolute Gasteiger partial charge is 0.322 e. The van der Waals surface area contributed by atoms with Crippen LogP contribution in [0.4, 0.5) is 26.2 Å². The van der Waals surface area contributed by atoms with Gasteiger partial charge in [-0.2, -0.15) is 0 Å². The number of urea groups is 1. The van der Waals surface area contributed by atoms with Gasteiger partial charge in [0.1, 0.15) is 18.1 Å². The molecule has 33 heavy (non-hydrogen) atoms. The molecule has 3 atom stereocenters. The number of aliphatic hydroxyl groups is 1. The topological polar surface area (TPSA) is 111 Å². The lowest BCUT2D eigenvalue weighted by molar-refractivity contribution is -0.129. The quantitative estimate of drug-likeness (QED) is 0.575. The summed E-state index contributed by atoms with van der Waals surface area (Å²) in [6, 6.07) is 8.93. The molecule has 2 aromatic rings. The zero-order valence-corrected chi connectivity index (χ0v) is 18.4. The van der Waals surface area contributed by atoms with Gasteiger partial charge in [-0.05, 0) is 42.5 Å². The predicted molar refractivity (Wildman–Crippen MR) is 120 cm³/mol. The summed E-state index contributed by atoms with van der Waals surface area (Å²) in [4.78, 5) is 39.8. The number of carbonyl (C=O) groups is 3. The maximum absolute atomic E-state index is 14.6. The zero-order valence-electron chi connectivity index (χ0n) is 17.6. The van der Waals surface area contributed by atoms with E-state index in [0.717, 1.165) is 11.0 Å². The van der Waals surface area contributed by atoms with Crippen LogP contribution in [0.25, 0.3) is 0 Å². The molecule has 0 saturated carbocycles. The van der Waals surface area contributed by atoms with E-state index >= 15 is 0 Å².